The first-order chi connectivity index (χ1) is 15.7. The zero-order valence-electron chi connectivity index (χ0n) is 19.6. The second kappa shape index (κ2) is 11.8. The van der Waals surface area contributed by atoms with Crippen molar-refractivity contribution in [2.45, 2.75) is 95.6 Å². The molecular weight excluding hydrogens is 398 g/mol. The topological polar surface area (TPSA) is 52.7 Å². The highest BCUT2D eigenvalue weighted by Gasteiger charge is 2.37. The van der Waals surface area contributed by atoms with E-state index in [0.29, 0.717) is 0 Å². The van der Waals surface area contributed by atoms with Crippen LogP contribution in [-0.2, 0) is 11.2 Å². The number of carbonyl (C=O) groups excluding carboxylic acids is 2. The van der Waals surface area contributed by atoms with Gasteiger partial charge in [-0.2, -0.15) is 0 Å². The van der Waals surface area contributed by atoms with Gasteiger partial charge in [-0.25, -0.2) is 4.79 Å². The van der Waals surface area contributed by atoms with Crippen LogP contribution in [0, 0.1) is 5.92 Å². The summed E-state index contributed by atoms with van der Waals surface area (Å²) in [4.78, 5) is 31.2. The Morgan fingerprint density at radius 3 is 2.28 bits per heavy atom. The van der Waals surface area contributed by atoms with E-state index in [1.807, 2.05) is 0 Å². The fourth-order valence-corrected chi connectivity index (χ4v) is 5.86. The summed E-state index contributed by atoms with van der Waals surface area (Å²) >= 11 is 0. The Hall–Kier alpha value is -1.88. The molecule has 2 aliphatic carbocycles. The molecule has 1 aromatic carbocycles. The Balaban J connectivity index is 1.39. The fraction of sp³-hybridized carbons (Fsp3) is 0.704. The first-order valence-corrected chi connectivity index (χ1v) is 13.1. The molecule has 5 nitrogen and oxygen atoms in total. The number of benzene rings is 1. The van der Waals surface area contributed by atoms with Crippen LogP contribution in [0.2, 0.25) is 0 Å². The van der Waals surface area contributed by atoms with Gasteiger partial charge >= 0.3 is 6.03 Å². The van der Waals surface area contributed by atoms with Crippen molar-refractivity contribution in [2.24, 2.45) is 5.92 Å². The zero-order chi connectivity index (χ0) is 22.2. The van der Waals surface area contributed by atoms with Crippen LogP contribution >= 0.6 is 0 Å². The molecular formula is C27H41N3O2. The van der Waals surface area contributed by atoms with Crippen LogP contribution in [0.5, 0.6) is 0 Å². The molecule has 2 saturated carbocycles. The molecule has 1 aliphatic heterocycles. The number of likely N-dealkylation sites (tertiary alicyclic amines) is 1. The molecule has 5 heteroatoms. The monoisotopic (exact) mass is 439 g/mol. The molecule has 0 unspecified atom stereocenters. The largest absolute Gasteiger partial charge is 0.335 e. The molecule has 1 N–H and O–H groups in total. The van der Waals surface area contributed by atoms with E-state index in [1.165, 1.54) is 31.2 Å². The Bertz CT molecular complexity index is 726. The second-order valence-electron chi connectivity index (χ2n) is 10.2. The fourth-order valence-electron chi connectivity index (χ4n) is 5.86. The maximum atomic E-state index is 13.7. The van der Waals surface area contributed by atoms with Crippen molar-refractivity contribution in [2.75, 3.05) is 19.6 Å². The standard InChI is InChI=1S/C27H41N3O2/c31-26(23-13-10-19-29(21-23)20-18-22-11-4-1-5-12-22)30(25-16-8-3-9-17-25)27(32)28-24-14-6-2-7-15-24/h1,4-5,11-12,23-25H,2-3,6-10,13-21H2,(H,28,32)/t23-/m0/s1. The molecule has 1 atom stereocenters. The molecule has 3 fully saturated rings. The number of rotatable bonds is 6. The summed E-state index contributed by atoms with van der Waals surface area (Å²) in [6, 6.07) is 10.8. The molecule has 0 bridgehead atoms. The lowest BCUT2D eigenvalue weighted by Crippen LogP contribution is -2.56. The number of urea groups is 1. The summed E-state index contributed by atoms with van der Waals surface area (Å²) in [7, 11) is 0. The number of nitrogens with zero attached hydrogens (tertiary/aromatic N) is 2. The third-order valence-corrected chi connectivity index (χ3v) is 7.74. The summed E-state index contributed by atoms with van der Waals surface area (Å²) in [6.45, 7) is 2.81. The van der Waals surface area contributed by atoms with E-state index in [2.05, 4.69) is 40.5 Å². The summed E-state index contributed by atoms with van der Waals surface area (Å²) in [5.74, 6) is 0.0215. The Kier molecular flexibility index (Phi) is 8.61. The van der Waals surface area contributed by atoms with Gasteiger partial charge in [-0.15, -0.1) is 0 Å². The first-order valence-electron chi connectivity index (χ1n) is 13.1. The Labute approximate surface area is 193 Å². The molecule has 3 amide bonds. The molecule has 0 spiro atoms. The lowest BCUT2D eigenvalue weighted by molar-refractivity contribution is -0.136. The van der Waals surface area contributed by atoms with Crippen LogP contribution in [0.3, 0.4) is 0 Å². The number of piperidine rings is 1. The maximum absolute atomic E-state index is 13.7. The van der Waals surface area contributed by atoms with E-state index < -0.39 is 0 Å². The van der Waals surface area contributed by atoms with E-state index in [4.69, 9.17) is 0 Å². The predicted octanol–water partition coefficient (Wildman–Crippen LogP) is 5.14. The summed E-state index contributed by atoms with van der Waals surface area (Å²) < 4.78 is 0. The lowest BCUT2D eigenvalue weighted by Gasteiger charge is -2.39. The number of hydrogen-bond donors (Lipinski definition) is 1. The number of amides is 3. The highest BCUT2D eigenvalue weighted by molar-refractivity contribution is 5.96. The third-order valence-electron chi connectivity index (χ3n) is 7.74. The zero-order valence-corrected chi connectivity index (χ0v) is 19.6. The van der Waals surface area contributed by atoms with Crippen LogP contribution in [0.4, 0.5) is 4.79 Å². The van der Waals surface area contributed by atoms with Gasteiger partial charge in [0.15, 0.2) is 0 Å². The van der Waals surface area contributed by atoms with Gasteiger partial charge in [-0.3, -0.25) is 9.69 Å². The number of imide groups is 1. The van der Waals surface area contributed by atoms with Gasteiger partial charge < -0.3 is 10.2 Å². The molecule has 1 saturated heterocycles. The molecule has 1 aromatic rings. The lowest BCUT2D eigenvalue weighted by atomic mass is 9.91. The van der Waals surface area contributed by atoms with Crippen LogP contribution in [0.25, 0.3) is 0 Å². The van der Waals surface area contributed by atoms with Gasteiger partial charge in [-0.05, 0) is 57.1 Å². The van der Waals surface area contributed by atoms with Crippen LogP contribution in [-0.4, -0.2) is 53.5 Å². The average molecular weight is 440 g/mol. The van der Waals surface area contributed by atoms with Crippen molar-refractivity contribution in [1.29, 1.82) is 0 Å². The van der Waals surface area contributed by atoms with Gasteiger partial charge in [0.2, 0.25) is 5.91 Å². The quantitative estimate of drug-likeness (QED) is 0.667. The van der Waals surface area contributed by atoms with Crippen molar-refractivity contribution in [3.63, 3.8) is 0 Å². The molecule has 1 heterocycles. The van der Waals surface area contributed by atoms with Crippen molar-refractivity contribution in [1.82, 2.24) is 15.1 Å². The molecule has 0 aromatic heterocycles. The smallest absolute Gasteiger partial charge is 0.324 e. The van der Waals surface area contributed by atoms with Gasteiger partial charge in [0.1, 0.15) is 0 Å². The Morgan fingerprint density at radius 2 is 1.56 bits per heavy atom. The van der Waals surface area contributed by atoms with E-state index in [0.717, 1.165) is 77.4 Å². The SMILES string of the molecule is O=C(NC1CCCCC1)N(C(=O)[C@H]1CCCN(CCc2ccccc2)C1)C1CCCCC1. The summed E-state index contributed by atoms with van der Waals surface area (Å²) in [5.41, 5.74) is 1.34. The Morgan fingerprint density at radius 1 is 0.875 bits per heavy atom. The number of nitrogens with one attached hydrogen (secondary N) is 1. The minimum Gasteiger partial charge on any atom is -0.335 e. The van der Waals surface area contributed by atoms with Gasteiger partial charge in [0.05, 0.1) is 5.92 Å². The maximum Gasteiger partial charge on any atom is 0.324 e. The average Bonchev–Trinajstić information content (AvgIpc) is 2.85. The van der Waals surface area contributed by atoms with Gasteiger partial charge in [0.25, 0.3) is 0 Å². The van der Waals surface area contributed by atoms with E-state index >= 15 is 0 Å². The minimum atomic E-state index is -0.116. The van der Waals surface area contributed by atoms with Crippen molar-refractivity contribution < 1.29 is 9.59 Å². The van der Waals surface area contributed by atoms with Crippen LogP contribution < -0.4 is 5.32 Å². The van der Waals surface area contributed by atoms with E-state index in [-0.39, 0.29) is 29.9 Å². The highest BCUT2D eigenvalue weighted by Crippen LogP contribution is 2.27. The highest BCUT2D eigenvalue weighted by atomic mass is 16.2. The van der Waals surface area contributed by atoms with Gasteiger partial charge in [-0.1, -0.05) is 68.9 Å². The predicted molar refractivity (Wildman–Crippen MR) is 128 cm³/mol. The molecule has 32 heavy (non-hydrogen) atoms. The van der Waals surface area contributed by atoms with Crippen LogP contribution in [0.1, 0.15) is 82.6 Å². The number of hydrogen-bond acceptors (Lipinski definition) is 3. The molecule has 4 rings (SSSR count). The van der Waals surface area contributed by atoms with Crippen molar-refractivity contribution in [3.05, 3.63) is 35.9 Å². The minimum absolute atomic E-state index is 0.0569. The first kappa shape index (κ1) is 23.3. The molecule has 3 aliphatic rings. The number of carbonyl (C=O) groups is 2. The summed E-state index contributed by atoms with van der Waals surface area (Å²) in [5, 5.41) is 3.25. The van der Waals surface area contributed by atoms with Crippen molar-refractivity contribution >= 4 is 11.9 Å². The normalized spacial score (nSPS) is 23.6. The van der Waals surface area contributed by atoms with Crippen molar-refractivity contribution in [3.8, 4) is 0 Å². The van der Waals surface area contributed by atoms with E-state index in [1.54, 1.807) is 4.90 Å². The third kappa shape index (κ3) is 6.34. The van der Waals surface area contributed by atoms with Crippen LogP contribution in [0.15, 0.2) is 30.3 Å². The molecule has 0 radical (unpaired) electrons. The molecule has 176 valence electrons. The summed E-state index contributed by atoms with van der Waals surface area (Å²) in [6.07, 6.45) is 14.1. The van der Waals surface area contributed by atoms with Gasteiger partial charge in [0, 0.05) is 25.2 Å². The van der Waals surface area contributed by atoms with E-state index in [9.17, 15) is 9.59 Å². The second-order valence-corrected chi connectivity index (χ2v) is 10.2.